The number of rotatable bonds is 32. The molecular weight excluding hydrogens is 617 g/mol. The van der Waals surface area contributed by atoms with Crippen LogP contribution in [0.5, 0.6) is 0 Å². The average Bonchev–Trinajstić information content (AvgIpc) is 2.96. The molecule has 0 amide bonds. The average molecular weight is 687 g/mol. The quantitative estimate of drug-likeness (QED) is 0.0518. The summed E-state index contributed by atoms with van der Waals surface area (Å²) in [5, 5.41) is 0. The van der Waals surface area contributed by atoms with Gasteiger partial charge in [0.05, 0.1) is 0 Å². The van der Waals surface area contributed by atoms with Gasteiger partial charge in [-0.15, -0.1) is 0 Å². The van der Waals surface area contributed by atoms with Crippen molar-refractivity contribution in [2.45, 2.75) is 129 Å². The van der Waals surface area contributed by atoms with E-state index in [0.29, 0.717) is 38.5 Å². The molecular formula is C30H70O9Si4. The highest BCUT2D eigenvalue weighted by atomic mass is 28.5. The van der Waals surface area contributed by atoms with E-state index in [-0.39, 0.29) is 0 Å². The first kappa shape index (κ1) is 43.5. The second-order valence-electron chi connectivity index (χ2n) is 12.1. The Morgan fingerprint density at radius 3 is 0.814 bits per heavy atom. The lowest BCUT2D eigenvalue weighted by Gasteiger charge is -2.44. The van der Waals surface area contributed by atoms with Crippen LogP contribution in [0.3, 0.4) is 0 Å². The van der Waals surface area contributed by atoms with Crippen LogP contribution >= 0.6 is 0 Å². The van der Waals surface area contributed by atoms with Crippen LogP contribution in [-0.4, -0.2) is 101 Å². The van der Waals surface area contributed by atoms with Crippen molar-refractivity contribution in [1.82, 2.24) is 0 Å². The number of hydrogen-bond acceptors (Lipinski definition) is 9. The van der Waals surface area contributed by atoms with Crippen molar-refractivity contribution in [3.63, 3.8) is 0 Å². The third kappa shape index (κ3) is 21.8. The fourth-order valence-electron chi connectivity index (χ4n) is 4.43. The summed E-state index contributed by atoms with van der Waals surface area (Å²) in [6.45, 7) is 22.7. The topological polar surface area (TPSA) is 83.1 Å². The zero-order valence-corrected chi connectivity index (χ0v) is 33.8. The van der Waals surface area contributed by atoms with Crippen molar-refractivity contribution >= 4 is 34.2 Å². The molecule has 0 aromatic rings. The number of ether oxygens (including phenoxy) is 4. The lowest BCUT2D eigenvalue weighted by molar-refractivity contribution is 0.125. The first-order chi connectivity index (χ1) is 20.5. The normalized spacial score (nSPS) is 17.7. The Labute approximate surface area is 270 Å². The summed E-state index contributed by atoms with van der Waals surface area (Å²) in [6, 6.07) is 2.89. The molecule has 0 saturated heterocycles. The van der Waals surface area contributed by atoms with Crippen LogP contribution in [0, 0.1) is 0 Å². The summed E-state index contributed by atoms with van der Waals surface area (Å²) in [5.41, 5.74) is 0. The summed E-state index contributed by atoms with van der Waals surface area (Å²) in [5.74, 6) is 0. The zero-order valence-electron chi connectivity index (χ0n) is 29.8. The van der Waals surface area contributed by atoms with E-state index in [1.165, 1.54) is 0 Å². The van der Waals surface area contributed by atoms with E-state index in [2.05, 4.69) is 53.9 Å². The molecule has 0 heterocycles. The van der Waals surface area contributed by atoms with Gasteiger partial charge in [0.2, 0.25) is 0 Å². The Kier molecular flexibility index (Phi) is 25.9. The molecule has 0 aliphatic carbocycles. The molecule has 260 valence electrons. The second kappa shape index (κ2) is 25.6. The highest BCUT2D eigenvalue weighted by Gasteiger charge is 2.51. The van der Waals surface area contributed by atoms with E-state index in [0.717, 1.165) is 89.9 Å². The molecule has 43 heavy (non-hydrogen) atoms. The Morgan fingerprint density at radius 2 is 0.581 bits per heavy atom. The molecule has 0 saturated carbocycles. The van der Waals surface area contributed by atoms with E-state index in [4.69, 9.17) is 40.1 Å². The van der Waals surface area contributed by atoms with Gasteiger partial charge in [-0.1, -0.05) is 53.4 Å². The molecule has 0 radical (unpaired) electrons. The minimum atomic E-state index is -2.84. The van der Waals surface area contributed by atoms with Gasteiger partial charge in [0.25, 0.3) is 0 Å². The highest BCUT2D eigenvalue weighted by Crippen LogP contribution is 2.31. The Bertz CT molecular complexity index is 605. The van der Waals surface area contributed by atoms with Crippen LogP contribution in [0.4, 0.5) is 0 Å². The minimum absolute atomic E-state index is 0.589. The molecule has 4 unspecified atom stereocenters. The van der Waals surface area contributed by atoms with Crippen molar-refractivity contribution in [2.75, 3.05) is 67.1 Å². The van der Waals surface area contributed by atoms with Gasteiger partial charge in [-0.3, -0.25) is 0 Å². The van der Waals surface area contributed by atoms with Gasteiger partial charge in [-0.05, 0) is 51.9 Å². The SMILES string of the molecule is CCCCOCC[Si](C)(OC)O[Si](C)(CCOCCCC)O[Si](C)(CCOCCCC)O[Si](C)(CCOCCCC)OC. The van der Waals surface area contributed by atoms with Crippen LogP contribution in [0.25, 0.3) is 0 Å². The fourth-order valence-corrected chi connectivity index (χ4v) is 22.1. The van der Waals surface area contributed by atoms with Gasteiger partial charge < -0.3 is 40.1 Å². The minimum Gasteiger partial charge on any atom is -0.415 e. The Morgan fingerprint density at radius 1 is 0.349 bits per heavy atom. The third-order valence-electron chi connectivity index (χ3n) is 7.53. The van der Waals surface area contributed by atoms with Crippen molar-refractivity contribution in [1.29, 1.82) is 0 Å². The predicted molar refractivity (Wildman–Crippen MR) is 186 cm³/mol. The monoisotopic (exact) mass is 686 g/mol. The van der Waals surface area contributed by atoms with Gasteiger partial charge in [-0.2, -0.15) is 0 Å². The molecule has 0 spiro atoms. The van der Waals surface area contributed by atoms with Gasteiger partial charge >= 0.3 is 34.2 Å². The molecule has 0 aliphatic heterocycles. The van der Waals surface area contributed by atoms with E-state index < -0.39 is 34.2 Å². The van der Waals surface area contributed by atoms with Crippen LogP contribution < -0.4 is 0 Å². The summed E-state index contributed by atoms with van der Waals surface area (Å²) < 4.78 is 57.4. The van der Waals surface area contributed by atoms with Gasteiger partial charge in [0.1, 0.15) is 0 Å². The van der Waals surface area contributed by atoms with Crippen molar-refractivity contribution in [2.24, 2.45) is 0 Å². The molecule has 0 rings (SSSR count). The third-order valence-corrected chi connectivity index (χ3v) is 24.1. The number of unbranched alkanes of at least 4 members (excludes halogenated alkanes) is 4. The molecule has 9 nitrogen and oxygen atoms in total. The van der Waals surface area contributed by atoms with Gasteiger partial charge in [-0.25, -0.2) is 0 Å². The molecule has 0 aromatic carbocycles. The molecule has 0 aromatic heterocycles. The molecule has 13 heteroatoms. The summed E-state index contributed by atoms with van der Waals surface area (Å²) >= 11 is 0. The summed E-state index contributed by atoms with van der Waals surface area (Å²) in [6.07, 6.45) is 8.65. The first-order valence-electron chi connectivity index (χ1n) is 17.0. The van der Waals surface area contributed by atoms with Crippen LogP contribution in [0.15, 0.2) is 0 Å². The van der Waals surface area contributed by atoms with Gasteiger partial charge in [0.15, 0.2) is 0 Å². The fraction of sp³-hybridized carbons (Fsp3) is 1.00. The van der Waals surface area contributed by atoms with E-state index >= 15 is 0 Å². The molecule has 0 aliphatic rings. The maximum atomic E-state index is 7.22. The molecule has 0 bridgehead atoms. The Balaban J connectivity index is 5.96. The lowest BCUT2D eigenvalue weighted by Crippen LogP contribution is -2.61. The highest BCUT2D eigenvalue weighted by molar-refractivity contribution is 6.88. The van der Waals surface area contributed by atoms with Crippen LogP contribution in [-0.2, 0) is 40.1 Å². The number of hydrogen-bond donors (Lipinski definition) is 0. The predicted octanol–water partition coefficient (Wildman–Crippen LogP) is 7.88. The van der Waals surface area contributed by atoms with Crippen LogP contribution in [0.1, 0.15) is 79.1 Å². The standard InChI is InChI=1S/C30H70O9Si4/c1-11-15-19-33-23-27-40(7,31-5)37-42(9,29-25-35-21-17-13-3)39-43(10,30-26-36-22-18-14-4)38-41(8,32-6)28-24-34-20-16-12-2/h11-30H2,1-10H3. The van der Waals surface area contributed by atoms with Crippen LogP contribution in [0.2, 0.25) is 50.4 Å². The summed E-state index contributed by atoms with van der Waals surface area (Å²) in [7, 11) is -7.35. The molecule has 0 N–H and O–H groups in total. The van der Waals surface area contributed by atoms with Gasteiger partial charge in [0, 0.05) is 91.3 Å². The van der Waals surface area contributed by atoms with Crippen molar-refractivity contribution in [3.8, 4) is 0 Å². The smallest absolute Gasteiger partial charge is 0.328 e. The maximum absolute atomic E-state index is 7.22. The van der Waals surface area contributed by atoms with E-state index in [9.17, 15) is 0 Å². The van der Waals surface area contributed by atoms with Crippen molar-refractivity contribution in [3.05, 3.63) is 0 Å². The maximum Gasteiger partial charge on any atom is 0.328 e. The van der Waals surface area contributed by atoms with E-state index in [1.807, 2.05) is 0 Å². The largest absolute Gasteiger partial charge is 0.415 e. The van der Waals surface area contributed by atoms with E-state index in [1.54, 1.807) is 14.2 Å². The molecule has 0 fully saturated rings. The lowest BCUT2D eigenvalue weighted by atomic mass is 10.4. The van der Waals surface area contributed by atoms with Crippen molar-refractivity contribution < 1.29 is 40.1 Å². The second-order valence-corrected chi connectivity index (χ2v) is 26.4. The Hall–Kier alpha value is 0.508. The first-order valence-corrected chi connectivity index (χ1v) is 27.1. The zero-order chi connectivity index (χ0) is 32.5. The molecule has 4 atom stereocenters. The summed E-state index contributed by atoms with van der Waals surface area (Å²) in [4.78, 5) is 0.